The quantitative estimate of drug-likeness (QED) is 0.0385. The Kier molecular flexibility index (Phi) is 18.6. The van der Waals surface area contributed by atoms with Crippen molar-refractivity contribution in [2.75, 3.05) is 49.6 Å². The summed E-state index contributed by atoms with van der Waals surface area (Å²) in [6.45, 7) is 8.78. The van der Waals surface area contributed by atoms with Gasteiger partial charge in [0.2, 0.25) is 11.1 Å². The largest absolute Gasteiger partial charge is 0.497 e. The summed E-state index contributed by atoms with van der Waals surface area (Å²) in [7, 11) is 3.07. The fraction of sp³-hybridized carbons (Fsp3) is 0.269. The zero-order chi connectivity index (χ0) is 54.5. The van der Waals surface area contributed by atoms with Crippen molar-refractivity contribution in [3.8, 4) is 34.0 Å². The monoisotopic (exact) mass is 1040 g/mol. The molecule has 0 bridgehead atoms. The van der Waals surface area contributed by atoms with Gasteiger partial charge in [-0.3, -0.25) is 28.8 Å². The molecular formula is C52H59ClN14O8. The van der Waals surface area contributed by atoms with Gasteiger partial charge in [0.05, 0.1) is 26.3 Å². The average Bonchev–Trinajstić information content (AvgIpc) is 4.21. The van der Waals surface area contributed by atoms with Crippen LogP contribution in [0.4, 0.5) is 11.6 Å². The van der Waals surface area contributed by atoms with Crippen molar-refractivity contribution in [2.45, 2.75) is 65.5 Å². The Hall–Kier alpha value is -8.89. The van der Waals surface area contributed by atoms with Crippen LogP contribution < -0.4 is 48.6 Å². The van der Waals surface area contributed by atoms with Gasteiger partial charge in [0.25, 0.3) is 23.6 Å². The summed E-state index contributed by atoms with van der Waals surface area (Å²) in [4.78, 5) is 91.5. The number of primary amides is 2. The summed E-state index contributed by atoms with van der Waals surface area (Å²) in [5.41, 5.74) is 15.8. The molecule has 2 aromatic carbocycles. The molecule has 23 heteroatoms. The van der Waals surface area contributed by atoms with Crippen molar-refractivity contribution >= 4 is 58.0 Å². The number of hydrogen-bond acceptors (Lipinski definition) is 15. The fourth-order valence-electron chi connectivity index (χ4n) is 8.16. The van der Waals surface area contributed by atoms with E-state index in [2.05, 4.69) is 35.9 Å². The molecule has 4 aromatic heterocycles. The van der Waals surface area contributed by atoms with Gasteiger partial charge in [0.1, 0.15) is 40.3 Å². The van der Waals surface area contributed by atoms with Gasteiger partial charge in [-0.2, -0.15) is 0 Å². The van der Waals surface area contributed by atoms with E-state index in [9.17, 15) is 28.8 Å². The molecule has 5 amide bonds. The Morgan fingerprint density at radius 2 is 1.13 bits per heavy atom. The predicted octanol–water partition coefficient (Wildman–Crippen LogP) is 5.81. The van der Waals surface area contributed by atoms with Crippen molar-refractivity contribution in [3.63, 3.8) is 0 Å². The van der Waals surface area contributed by atoms with Crippen LogP contribution in [0.2, 0.25) is 0 Å². The van der Waals surface area contributed by atoms with Crippen LogP contribution in [-0.4, -0.2) is 96.3 Å². The summed E-state index contributed by atoms with van der Waals surface area (Å²) in [5, 5.41) is 8.35. The van der Waals surface area contributed by atoms with Crippen LogP contribution in [-0.2, 0) is 9.59 Å². The number of likely N-dealkylation sites (tertiary alicyclic amines) is 1. The van der Waals surface area contributed by atoms with Gasteiger partial charge < -0.3 is 53.5 Å². The Morgan fingerprint density at radius 1 is 0.667 bits per heavy atom. The van der Waals surface area contributed by atoms with E-state index in [-0.39, 0.29) is 46.9 Å². The number of nitrogens with one attached hydrogen (secondary N) is 3. The van der Waals surface area contributed by atoms with Crippen LogP contribution in [0.3, 0.4) is 0 Å². The molecule has 75 heavy (non-hydrogen) atoms. The van der Waals surface area contributed by atoms with E-state index in [0.29, 0.717) is 75.7 Å². The summed E-state index contributed by atoms with van der Waals surface area (Å²) in [5.74, 6) is 13.0. The molecule has 0 radical (unpaired) electrons. The molecular weight excluding hydrogens is 984 g/mol. The maximum absolute atomic E-state index is 12.7. The maximum atomic E-state index is 12.7. The Labute approximate surface area is 437 Å². The lowest BCUT2D eigenvalue weighted by Crippen LogP contribution is -2.33. The normalized spacial score (nSPS) is 14.5. The minimum atomic E-state index is -0.748. The van der Waals surface area contributed by atoms with Gasteiger partial charge >= 0.3 is 0 Å². The van der Waals surface area contributed by atoms with Gasteiger partial charge in [0.15, 0.2) is 17.2 Å². The molecule has 8 rings (SSSR count). The van der Waals surface area contributed by atoms with E-state index >= 15 is 0 Å². The molecule has 392 valence electrons. The number of ether oxygens (including phenoxy) is 2. The van der Waals surface area contributed by atoms with Crippen LogP contribution in [0.5, 0.6) is 11.5 Å². The summed E-state index contributed by atoms with van der Waals surface area (Å²) in [6, 6.07) is 19.4. The van der Waals surface area contributed by atoms with Crippen molar-refractivity contribution < 1.29 is 38.2 Å². The van der Waals surface area contributed by atoms with Gasteiger partial charge in [-0.1, -0.05) is 35.4 Å². The summed E-state index contributed by atoms with van der Waals surface area (Å²) < 4.78 is 12.7. The SMILES string of the molecule is CC(C)=CC(=O)Cl.COc1ccnc(NC(=O)c2ccc(-c3nc([C@@H]4CCCN4)n(N)c3C(N)=O)cc2)c1.COc1ccnc(NC(=O)c2ccc(-c3nc([C@@H]4CCCN4C(=O)C=C(C)C)n(N)c3C(N)=O)cc2)c1. The number of pyridine rings is 2. The number of amides is 5. The first-order chi connectivity index (χ1) is 35.8. The number of allylic oxidation sites excluding steroid dienone is 3. The Bertz CT molecular complexity index is 3140. The molecule has 2 aliphatic heterocycles. The first-order valence-corrected chi connectivity index (χ1v) is 23.9. The number of carbonyl (C=O) groups excluding carboxylic acids is 6. The van der Waals surface area contributed by atoms with Gasteiger partial charge in [-0.25, -0.2) is 29.3 Å². The smallest absolute Gasteiger partial charge is 0.269 e. The molecule has 6 heterocycles. The number of imidazole rings is 2. The first-order valence-electron chi connectivity index (χ1n) is 23.5. The van der Waals surface area contributed by atoms with Crippen LogP contribution in [0, 0.1) is 0 Å². The number of aromatic nitrogens is 6. The highest BCUT2D eigenvalue weighted by molar-refractivity contribution is 6.66. The molecule has 2 fully saturated rings. The molecule has 2 atom stereocenters. The molecule has 2 aliphatic rings. The number of nitrogens with zero attached hydrogens (tertiary/aromatic N) is 7. The fourth-order valence-corrected chi connectivity index (χ4v) is 8.38. The molecule has 2 saturated heterocycles. The van der Waals surface area contributed by atoms with Gasteiger partial charge in [-0.15, -0.1) is 0 Å². The van der Waals surface area contributed by atoms with Crippen molar-refractivity contribution in [1.29, 1.82) is 0 Å². The third kappa shape index (κ3) is 14.0. The second-order valence-corrected chi connectivity index (χ2v) is 18.0. The summed E-state index contributed by atoms with van der Waals surface area (Å²) in [6.07, 6.45) is 9.35. The minimum Gasteiger partial charge on any atom is -0.497 e. The molecule has 6 aromatic rings. The number of anilines is 2. The van der Waals surface area contributed by atoms with E-state index in [4.69, 9.17) is 44.2 Å². The van der Waals surface area contributed by atoms with Crippen molar-refractivity contribution in [1.82, 2.24) is 39.5 Å². The number of hydrogen-bond donors (Lipinski definition) is 7. The highest BCUT2D eigenvalue weighted by Crippen LogP contribution is 2.35. The molecule has 0 unspecified atom stereocenters. The number of rotatable bonds is 14. The average molecular weight is 1040 g/mol. The topological polar surface area (TPSA) is 326 Å². The number of methoxy groups -OCH3 is 2. The molecule has 22 nitrogen and oxygen atoms in total. The number of benzene rings is 2. The Balaban J connectivity index is 0.000000219. The second-order valence-electron chi connectivity index (χ2n) is 17.6. The van der Waals surface area contributed by atoms with Crippen molar-refractivity contribution in [3.05, 3.63) is 143 Å². The highest BCUT2D eigenvalue weighted by Gasteiger charge is 2.35. The van der Waals surface area contributed by atoms with E-state index in [0.717, 1.165) is 37.0 Å². The van der Waals surface area contributed by atoms with Gasteiger partial charge in [-0.05, 0) is 114 Å². The third-order valence-electron chi connectivity index (χ3n) is 11.6. The number of carbonyl (C=O) groups is 6. The maximum Gasteiger partial charge on any atom is 0.269 e. The van der Waals surface area contributed by atoms with E-state index < -0.39 is 17.1 Å². The lowest BCUT2D eigenvalue weighted by molar-refractivity contribution is -0.127. The first kappa shape index (κ1) is 55.4. The van der Waals surface area contributed by atoms with E-state index in [1.165, 1.54) is 35.8 Å². The van der Waals surface area contributed by atoms with Crippen LogP contribution >= 0.6 is 11.6 Å². The van der Waals surface area contributed by atoms with Crippen LogP contribution in [0.1, 0.15) is 119 Å². The van der Waals surface area contributed by atoms with Crippen molar-refractivity contribution in [2.24, 2.45) is 11.5 Å². The summed E-state index contributed by atoms with van der Waals surface area (Å²) >= 11 is 4.96. The predicted molar refractivity (Wildman–Crippen MR) is 284 cm³/mol. The molecule has 0 aliphatic carbocycles. The highest BCUT2D eigenvalue weighted by atomic mass is 35.5. The molecule has 11 N–H and O–H groups in total. The zero-order valence-corrected chi connectivity index (χ0v) is 43.0. The van der Waals surface area contributed by atoms with Crippen LogP contribution in [0.15, 0.2) is 108 Å². The number of nitrogens with two attached hydrogens (primary N) is 4. The lowest BCUT2D eigenvalue weighted by Gasteiger charge is -2.23. The molecule has 0 spiro atoms. The van der Waals surface area contributed by atoms with Gasteiger partial charge in [0, 0.05) is 59.4 Å². The van der Waals surface area contributed by atoms with E-state index in [1.807, 2.05) is 27.7 Å². The third-order valence-corrected chi connectivity index (χ3v) is 11.7. The van der Waals surface area contributed by atoms with Crippen LogP contribution in [0.25, 0.3) is 22.5 Å². The second kappa shape index (κ2) is 25.2. The lowest BCUT2D eigenvalue weighted by atomic mass is 10.1. The standard InChI is InChI=1S/C26H29N7O4.C21H23N7O3.C5H7ClO/c1-15(2)13-21(34)32-12-4-5-19(32)25-31-22(23(24(27)35)33(25)28)16-6-8-17(9-7-16)26(36)30-20-14-18(37-3)10-11-29-20;1-31-14-8-10-25-16(11-14)26-21(30)13-6-4-12(5-7-13)17-18(19(22)29)28(23)20(27-17)15-3-2-9-24-15;1-4(2)3-5(6)7/h6-11,13-14,19H,4-5,12,28H2,1-3H3,(H2,27,35)(H,29,30,36);4-8,10-11,15,24H,2-3,9,23H2,1H3,(H2,22,29)(H,25,26,30);3H,1-2H3/t19-;15-;/m00./s1. The number of halogens is 1. The van der Waals surface area contributed by atoms with E-state index in [1.54, 1.807) is 90.0 Å². The Morgan fingerprint density at radius 3 is 1.53 bits per heavy atom. The zero-order valence-electron chi connectivity index (χ0n) is 42.2. The molecule has 0 saturated carbocycles. The number of nitrogen functional groups attached to an aromatic ring is 2. The minimum absolute atomic E-state index is 0.0225.